The summed E-state index contributed by atoms with van der Waals surface area (Å²) in [5.41, 5.74) is 0.920. The fourth-order valence-corrected chi connectivity index (χ4v) is 3.51. The third-order valence-electron chi connectivity index (χ3n) is 5.07. The van der Waals surface area contributed by atoms with Crippen LogP contribution >= 0.6 is 0 Å². The summed E-state index contributed by atoms with van der Waals surface area (Å²) in [7, 11) is 0. The van der Waals surface area contributed by atoms with Gasteiger partial charge in [-0.2, -0.15) is 0 Å². The second-order valence-electron chi connectivity index (χ2n) is 6.85. The van der Waals surface area contributed by atoms with Crippen molar-refractivity contribution in [3.05, 3.63) is 41.2 Å². The van der Waals surface area contributed by atoms with Gasteiger partial charge in [0.25, 0.3) is 0 Å². The van der Waals surface area contributed by atoms with Crippen LogP contribution in [0.2, 0.25) is 0 Å². The molecule has 0 spiro atoms. The van der Waals surface area contributed by atoms with Crippen molar-refractivity contribution < 1.29 is 18.7 Å². The van der Waals surface area contributed by atoms with Crippen molar-refractivity contribution in [1.29, 1.82) is 0 Å². The summed E-state index contributed by atoms with van der Waals surface area (Å²) in [5, 5.41) is 0. The molecule has 0 N–H and O–H groups in total. The number of nitrogens with zero attached hydrogens (tertiary/aromatic N) is 2. The van der Waals surface area contributed by atoms with Gasteiger partial charge in [0.15, 0.2) is 0 Å². The molecule has 0 aromatic heterocycles. The number of amides is 2. The highest BCUT2D eigenvalue weighted by Crippen LogP contribution is 2.22. The molecule has 0 aliphatic carbocycles. The Morgan fingerprint density at radius 2 is 1.73 bits per heavy atom. The molecule has 3 rings (SSSR count). The van der Waals surface area contributed by atoms with Crippen LogP contribution in [-0.4, -0.2) is 61.0 Å². The van der Waals surface area contributed by atoms with Gasteiger partial charge in [0.2, 0.25) is 11.8 Å². The lowest BCUT2D eigenvalue weighted by Crippen LogP contribution is -2.47. The molecule has 6 heteroatoms. The van der Waals surface area contributed by atoms with E-state index in [2.05, 4.69) is 0 Å². The molecule has 0 radical (unpaired) electrons. The van der Waals surface area contributed by atoms with E-state index >= 15 is 0 Å². The monoisotopic (exact) mass is 360 g/mol. The zero-order valence-corrected chi connectivity index (χ0v) is 15.1. The second kappa shape index (κ2) is 8.45. The Balaban J connectivity index is 1.56. The van der Waals surface area contributed by atoms with Gasteiger partial charge >= 0.3 is 0 Å². The molecule has 2 amide bonds. The molecule has 1 aromatic carbocycles. The summed E-state index contributed by atoms with van der Waals surface area (Å²) in [4.78, 5) is 28.8. The van der Waals surface area contributed by atoms with Crippen molar-refractivity contribution in [3.8, 4) is 0 Å². The minimum atomic E-state index is -0.338. The summed E-state index contributed by atoms with van der Waals surface area (Å²) >= 11 is 0. The average molecular weight is 360 g/mol. The molecule has 26 heavy (non-hydrogen) atoms. The molecule has 0 saturated carbocycles. The molecule has 2 aliphatic rings. The molecule has 5 nitrogen and oxygen atoms in total. The summed E-state index contributed by atoms with van der Waals surface area (Å²) in [6.07, 6.45) is 2.94. The maximum Gasteiger partial charge on any atom is 0.249 e. The van der Waals surface area contributed by atoms with Gasteiger partial charge in [-0.25, -0.2) is 4.39 Å². The van der Waals surface area contributed by atoms with E-state index in [1.54, 1.807) is 36.1 Å². The lowest BCUT2D eigenvalue weighted by molar-refractivity contribution is -0.143. The number of rotatable bonds is 3. The van der Waals surface area contributed by atoms with Crippen LogP contribution in [0.5, 0.6) is 0 Å². The van der Waals surface area contributed by atoms with Gasteiger partial charge in [0.05, 0.1) is 13.2 Å². The van der Waals surface area contributed by atoms with Crippen LogP contribution < -0.4 is 0 Å². The van der Waals surface area contributed by atoms with Crippen LogP contribution in [0.25, 0.3) is 6.08 Å². The number of piperidine rings is 1. The maximum absolute atomic E-state index is 13.8. The first kappa shape index (κ1) is 18.6. The average Bonchev–Trinajstić information content (AvgIpc) is 2.69. The van der Waals surface area contributed by atoms with E-state index in [-0.39, 0.29) is 23.5 Å². The van der Waals surface area contributed by atoms with Crippen LogP contribution in [-0.2, 0) is 14.3 Å². The molecule has 140 valence electrons. The first-order valence-electron chi connectivity index (χ1n) is 9.15. The third-order valence-corrected chi connectivity index (χ3v) is 5.07. The van der Waals surface area contributed by atoms with E-state index in [0.29, 0.717) is 63.4 Å². The van der Waals surface area contributed by atoms with Gasteiger partial charge in [0, 0.05) is 43.2 Å². The van der Waals surface area contributed by atoms with Crippen LogP contribution in [0, 0.1) is 11.7 Å². The largest absolute Gasteiger partial charge is 0.378 e. The predicted octanol–water partition coefficient (Wildman–Crippen LogP) is 2.33. The van der Waals surface area contributed by atoms with Crippen molar-refractivity contribution in [3.63, 3.8) is 0 Å². The molecular weight excluding hydrogens is 335 g/mol. The van der Waals surface area contributed by atoms with Gasteiger partial charge in [-0.15, -0.1) is 0 Å². The van der Waals surface area contributed by atoms with Gasteiger partial charge in [-0.05, 0) is 31.9 Å². The zero-order valence-electron chi connectivity index (χ0n) is 15.1. The van der Waals surface area contributed by atoms with Crippen LogP contribution in [0.15, 0.2) is 29.8 Å². The van der Waals surface area contributed by atoms with Crippen molar-refractivity contribution in [2.24, 2.45) is 5.92 Å². The Morgan fingerprint density at radius 1 is 1.08 bits per heavy atom. The number of carbonyl (C=O) groups excluding carboxylic acids is 2. The molecule has 2 heterocycles. The number of ether oxygens (including phenoxy) is 1. The lowest BCUT2D eigenvalue weighted by atomic mass is 9.94. The highest BCUT2D eigenvalue weighted by Gasteiger charge is 2.31. The quantitative estimate of drug-likeness (QED) is 0.778. The summed E-state index contributed by atoms with van der Waals surface area (Å²) in [6.45, 7) is 5.33. The fraction of sp³-hybridized carbons (Fsp3) is 0.500. The highest BCUT2D eigenvalue weighted by molar-refractivity contribution is 5.97. The van der Waals surface area contributed by atoms with E-state index in [9.17, 15) is 14.0 Å². The summed E-state index contributed by atoms with van der Waals surface area (Å²) in [6, 6.07) is 6.40. The topological polar surface area (TPSA) is 49.9 Å². The van der Waals surface area contributed by atoms with E-state index in [1.807, 2.05) is 4.90 Å². The van der Waals surface area contributed by atoms with E-state index in [1.165, 1.54) is 6.07 Å². The molecular formula is C20H25FN2O3. The predicted molar refractivity (Wildman–Crippen MR) is 96.8 cm³/mol. The summed E-state index contributed by atoms with van der Waals surface area (Å²) < 4.78 is 19.0. The molecule has 2 saturated heterocycles. The van der Waals surface area contributed by atoms with E-state index in [0.717, 1.165) is 0 Å². The van der Waals surface area contributed by atoms with E-state index in [4.69, 9.17) is 4.74 Å². The fourth-order valence-electron chi connectivity index (χ4n) is 3.51. The molecule has 0 unspecified atom stereocenters. The van der Waals surface area contributed by atoms with Gasteiger partial charge in [-0.3, -0.25) is 9.59 Å². The number of likely N-dealkylation sites (tertiary alicyclic amines) is 1. The first-order valence-corrected chi connectivity index (χ1v) is 9.15. The van der Waals surface area contributed by atoms with Crippen molar-refractivity contribution in [2.45, 2.75) is 19.8 Å². The Kier molecular flexibility index (Phi) is 6.04. The molecule has 2 aliphatic heterocycles. The lowest BCUT2D eigenvalue weighted by Gasteiger charge is -2.35. The van der Waals surface area contributed by atoms with Crippen molar-refractivity contribution >= 4 is 17.9 Å². The molecule has 0 atom stereocenters. The Labute approximate surface area is 153 Å². The normalized spacial score (nSPS) is 19.5. The number of carbonyl (C=O) groups is 2. The Morgan fingerprint density at radius 3 is 2.38 bits per heavy atom. The van der Waals surface area contributed by atoms with Gasteiger partial charge in [-0.1, -0.05) is 18.2 Å². The SMILES string of the molecule is C/C(=C\c1ccccc1F)C(=O)N1CCC(C(=O)N2CCOCC2)CC1. The van der Waals surface area contributed by atoms with E-state index < -0.39 is 0 Å². The molecule has 2 fully saturated rings. The minimum Gasteiger partial charge on any atom is -0.378 e. The number of hydrogen-bond acceptors (Lipinski definition) is 3. The van der Waals surface area contributed by atoms with Gasteiger partial charge in [0.1, 0.15) is 5.82 Å². The minimum absolute atomic E-state index is 0.0204. The van der Waals surface area contributed by atoms with Gasteiger partial charge < -0.3 is 14.5 Å². The number of halogens is 1. The maximum atomic E-state index is 13.8. The molecule has 1 aromatic rings. The standard InChI is InChI=1S/C20H25FN2O3/c1-15(14-17-4-2-3-5-18(17)21)19(24)22-8-6-16(7-9-22)20(25)23-10-12-26-13-11-23/h2-5,14,16H,6-13H2,1H3/b15-14+. The van der Waals surface area contributed by atoms with Crippen molar-refractivity contribution in [2.75, 3.05) is 39.4 Å². The Hall–Kier alpha value is -2.21. The van der Waals surface area contributed by atoms with Crippen LogP contribution in [0.3, 0.4) is 0 Å². The number of morpholine rings is 1. The number of benzene rings is 1. The zero-order chi connectivity index (χ0) is 18.5. The highest BCUT2D eigenvalue weighted by atomic mass is 19.1. The third kappa shape index (κ3) is 4.30. The number of hydrogen-bond donors (Lipinski definition) is 0. The van der Waals surface area contributed by atoms with Crippen LogP contribution in [0.1, 0.15) is 25.3 Å². The summed E-state index contributed by atoms with van der Waals surface area (Å²) in [5.74, 6) is -0.271. The second-order valence-corrected chi connectivity index (χ2v) is 6.85. The van der Waals surface area contributed by atoms with Crippen molar-refractivity contribution in [1.82, 2.24) is 9.80 Å². The van der Waals surface area contributed by atoms with Crippen LogP contribution in [0.4, 0.5) is 4.39 Å². The molecule has 0 bridgehead atoms. The Bertz CT molecular complexity index is 690. The smallest absolute Gasteiger partial charge is 0.249 e. The first-order chi connectivity index (χ1) is 12.6.